The first-order valence-corrected chi connectivity index (χ1v) is 12.2. The van der Waals surface area contributed by atoms with Crippen molar-refractivity contribution in [1.29, 1.82) is 0 Å². The van der Waals surface area contributed by atoms with Gasteiger partial charge < -0.3 is 4.74 Å². The predicted octanol–water partition coefficient (Wildman–Crippen LogP) is 3.97. The molecular weight excluding hydrogens is 264 g/mol. The van der Waals surface area contributed by atoms with Crippen LogP contribution in [0, 0.1) is 41.4 Å². The van der Waals surface area contributed by atoms with Crippen molar-refractivity contribution in [2.75, 3.05) is 6.23 Å². The number of fused-ring (bicyclic) bond motifs is 5. The smallest absolute Gasteiger partial charge is 0.308 e. The third-order valence-electron chi connectivity index (χ3n) is 6.34. The lowest BCUT2D eigenvalue weighted by atomic mass is 9.73. The van der Waals surface area contributed by atoms with Gasteiger partial charge in [0.2, 0.25) is 0 Å². The lowest BCUT2D eigenvalue weighted by molar-refractivity contribution is -0.149. The van der Waals surface area contributed by atoms with Crippen LogP contribution in [0.15, 0.2) is 0 Å². The zero-order valence-electron chi connectivity index (χ0n) is 13.7. The van der Waals surface area contributed by atoms with Crippen molar-refractivity contribution in [3.8, 4) is 0 Å². The monoisotopic (exact) mass is 294 g/mol. The van der Waals surface area contributed by atoms with Gasteiger partial charge in [0, 0.05) is 0 Å². The summed E-state index contributed by atoms with van der Waals surface area (Å²) in [6.07, 6.45) is 4.53. The Bertz CT molecular complexity index is 400. The molecule has 3 heteroatoms. The van der Waals surface area contributed by atoms with Crippen LogP contribution in [-0.2, 0) is 9.53 Å². The largest absolute Gasteiger partial charge is 0.469 e. The topological polar surface area (TPSA) is 26.3 Å². The minimum atomic E-state index is -1.29. The first-order valence-electron chi connectivity index (χ1n) is 8.44. The predicted molar refractivity (Wildman–Crippen MR) is 83.9 cm³/mol. The summed E-state index contributed by atoms with van der Waals surface area (Å²) in [6.45, 7) is 11.6. The fourth-order valence-electron chi connectivity index (χ4n) is 5.34. The summed E-state index contributed by atoms with van der Waals surface area (Å²) in [4.78, 5) is 12.5. The molecule has 0 aromatic carbocycles. The van der Waals surface area contributed by atoms with Crippen LogP contribution in [0.4, 0.5) is 0 Å². The Morgan fingerprint density at radius 1 is 1.10 bits per heavy atom. The summed E-state index contributed by atoms with van der Waals surface area (Å²) in [5.74, 6) is 5.21. The molecule has 0 aliphatic heterocycles. The summed E-state index contributed by atoms with van der Waals surface area (Å²) < 4.78 is 5.68. The van der Waals surface area contributed by atoms with Gasteiger partial charge in [-0.1, -0.05) is 33.5 Å². The van der Waals surface area contributed by atoms with Crippen LogP contribution in [0.5, 0.6) is 0 Å². The van der Waals surface area contributed by atoms with Crippen molar-refractivity contribution in [3.63, 3.8) is 0 Å². The maximum Gasteiger partial charge on any atom is 0.308 e. The van der Waals surface area contributed by atoms with E-state index in [0.717, 1.165) is 36.0 Å². The second-order valence-electron chi connectivity index (χ2n) is 8.98. The van der Waals surface area contributed by atoms with E-state index < -0.39 is 8.07 Å². The van der Waals surface area contributed by atoms with Gasteiger partial charge in [0.05, 0.1) is 20.2 Å². The number of rotatable bonds is 3. The van der Waals surface area contributed by atoms with E-state index in [4.69, 9.17) is 4.74 Å². The zero-order chi connectivity index (χ0) is 14.7. The second kappa shape index (κ2) is 4.86. The lowest BCUT2D eigenvalue weighted by Crippen LogP contribution is -2.36. The molecule has 0 heterocycles. The molecule has 0 aromatic rings. The molecule has 7 atom stereocenters. The molecular formula is C17H30O2Si. The molecule has 2 bridgehead atoms. The van der Waals surface area contributed by atoms with E-state index in [0.29, 0.717) is 12.1 Å². The fraction of sp³-hybridized carbons (Fsp3) is 0.941. The Hall–Kier alpha value is -0.313. The zero-order valence-corrected chi connectivity index (χ0v) is 14.7. The third kappa shape index (κ3) is 2.36. The molecule has 0 radical (unpaired) electrons. The molecule has 0 N–H and O–H groups in total. The molecule has 3 aliphatic rings. The Balaban J connectivity index is 1.65. The Kier molecular flexibility index (Phi) is 3.55. The molecule has 0 saturated heterocycles. The van der Waals surface area contributed by atoms with Crippen LogP contribution in [0.1, 0.15) is 33.1 Å². The van der Waals surface area contributed by atoms with Crippen LogP contribution in [0.3, 0.4) is 0 Å². The number of esters is 1. The van der Waals surface area contributed by atoms with Crippen molar-refractivity contribution in [3.05, 3.63) is 0 Å². The minimum absolute atomic E-state index is 0.130. The molecule has 3 aliphatic carbocycles. The molecule has 114 valence electrons. The van der Waals surface area contributed by atoms with Gasteiger partial charge in [-0.15, -0.1) is 0 Å². The number of hydrogen-bond acceptors (Lipinski definition) is 2. The highest BCUT2D eigenvalue weighted by molar-refractivity contribution is 6.76. The number of ether oxygens (including phenoxy) is 1. The second-order valence-corrected chi connectivity index (χ2v) is 14.4. The van der Waals surface area contributed by atoms with Crippen molar-refractivity contribution in [2.24, 2.45) is 41.4 Å². The van der Waals surface area contributed by atoms with Crippen LogP contribution in [0.25, 0.3) is 0 Å². The van der Waals surface area contributed by atoms with E-state index in [2.05, 4.69) is 33.5 Å². The summed E-state index contributed by atoms with van der Waals surface area (Å²) in [6, 6.07) is 0. The SMILES string of the molecule is CC1CC2C3CC(C(=O)OC[Si](C)(C)C)C(C3)C2C1C. The van der Waals surface area contributed by atoms with Gasteiger partial charge in [0.1, 0.15) is 0 Å². The molecule has 0 amide bonds. The highest BCUT2D eigenvalue weighted by Gasteiger charge is 2.59. The maximum atomic E-state index is 12.5. The summed E-state index contributed by atoms with van der Waals surface area (Å²) >= 11 is 0. The standard InChI is InChI=1S/C17H30O2Si/c1-10-6-13-12-7-14(16(13)11(10)2)15(8-12)17(18)19-9-20(3,4)5/h10-16H,6-9H2,1-5H3. The quantitative estimate of drug-likeness (QED) is 0.581. The maximum absolute atomic E-state index is 12.5. The van der Waals surface area contributed by atoms with E-state index in [9.17, 15) is 4.79 Å². The summed E-state index contributed by atoms with van der Waals surface area (Å²) in [5.41, 5.74) is 0. The van der Waals surface area contributed by atoms with E-state index >= 15 is 0 Å². The Labute approximate surface area is 124 Å². The number of carbonyl (C=O) groups excluding carboxylic acids is 1. The average molecular weight is 295 g/mol. The Morgan fingerprint density at radius 2 is 1.80 bits per heavy atom. The molecule has 3 rings (SSSR count). The van der Waals surface area contributed by atoms with Gasteiger partial charge >= 0.3 is 5.97 Å². The van der Waals surface area contributed by atoms with Crippen molar-refractivity contribution in [1.82, 2.24) is 0 Å². The van der Waals surface area contributed by atoms with Crippen LogP contribution >= 0.6 is 0 Å². The van der Waals surface area contributed by atoms with Gasteiger partial charge in [-0.3, -0.25) is 4.79 Å². The Morgan fingerprint density at radius 3 is 2.45 bits per heavy atom. The average Bonchev–Trinajstić information content (AvgIpc) is 2.98. The molecule has 20 heavy (non-hydrogen) atoms. The van der Waals surface area contributed by atoms with E-state index in [1.165, 1.54) is 12.8 Å². The van der Waals surface area contributed by atoms with Gasteiger partial charge in [-0.05, 0) is 54.8 Å². The molecule has 0 spiro atoms. The first-order chi connectivity index (χ1) is 9.28. The molecule has 7 unspecified atom stereocenters. The number of hydrogen-bond donors (Lipinski definition) is 0. The third-order valence-corrected chi connectivity index (χ3v) is 7.35. The van der Waals surface area contributed by atoms with Gasteiger partial charge in [0.25, 0.3) is 0 Å². The molecule has 0 aromatic heterocycles. The van der Waals surface area contributed by atoms with Gasteiger partial charge in [0.15, 0.2) is 0 Å². The molecule has 3 fully saturated rings. The van der Waals surface area contributed by atoms with Crippen molar-refractivity contribution in [2.45, 2.75) is 52.8 Å². The highest BCUT2D eigenvalue weighted by Crippen LogP contribution is 2.64. The van der Waals surface area contributed by atoms with Crippen LogP contribution < -0.4 is 0 Å². The van der Waals surface area contributed by atoms with Crippen molar-refractivity contribution >= 4 is 14.0 Å². The first kappa shape index (κ1) is 14.6. The fourth-order valence-corrected chi connectivity index (χ4v) is 5.91. The lowest BCUT2D eigenvalue weighted by Gasteiger charge is -2.33. The van der Waals surface area contributed by atoms with Gasteiger partial charge in [-0.25, -0.2) is 0 Å². The molecule has 2 nitrogen and oxygen atoms in total. The van der Waals surface area contributed by atoms with Crippen molar-refractivity contribution < 1.29 is 9.53 Å². The molecule has 3 saturated carbocycles. The summed E-state index contributed by atoms with van der Waals surface area (Å²) in [5, 5.41) is 0. The van der Waals surface area contributed by atoms with E-state index in [-0.39, 0.29) is 11.9 Å². The number of carbonyl (C=O) groups is 1. The highest BCUT2D eigenvalue weighted by atomic mass is 28.3. The van der Waals surface area contributed by atoms with E-state index in [1.54, 1.807) is 0 Å². The van der Waals surface area contributed by atoms with E-state index in [1.807, 2.05) is 0 Å². The van der Waals surface area contributed by atoms with Crippen LogP contribution in [-0.4, -0.2) is 20.3 Å². The van der Waals surface area contributed by atoms with Gasteiger partial charge in [-0.2, -0.15) is 0 Å². The summed E-state index contributed by atoms with van der Waals surface area (Å²) in [7, 11) is -1.29. The normalized spacial score (nSPS) is 46.5. The minimum Gasteiger partial charge on any atom is -0.469 e. The van der Waals surface area contributed by atoms with Crippen LogP contribution in [0.2, 0.25) is 19.6 Å².